The third-order valence-corrected chi connectivity index (χ3v) is 3.52. The van der Waals surface area contributed by atoms with Gasteiger partial charge in [0.2, 0.25) is 5.95 Å². The van der Waals surface area contributed by atoms with E-state index in [4.69, 9.17) is 5.73 Å². The number of hydrogen-bond acceptors (Lipinski definition) is 4. The zero-order valence-corrected chi connectivity index (χ0v) is 11.3. The Kier molecular flexibility index (Phi) is 4.79. The zero-order chi connectivity index (χ0) is 12.8. The molecular formula is C14H24N4. The Morgan fingerprint density at radius 1 is 1.11 bits per heavy atom. The molecule has 1 aromatic rings. The molecule has 0 aromatic carbocycles. The van der Waals surface area contributed by atoms with Gasteiger partial charge in [-0.2, -0.15) is 4.98 Å². The van der Waals surface area contributed by atoms with Crippen LogP contribution in [0.15, 0.2) is 0 Å². The van der Waals surface area contributed by atoms with Crippen LogP contribution in [0.5, 0.6) is 0 Å². The molecule has 0 spiro atoms. The van der Waals surface area contributed by atoms with Gasteiger partial charge in [-0.3, -0.25) is 0 Å². The van der Waals surface area contributed by atoms with Crippen LogP contribution >= 0.6 is 0 Å². The molecule has 0 saturated carbocycles. The zero-order valence-electron chi connectivity index (χ0n) is 11.3. The van der Waals surface area contributed by atoms with E-state index >= 15 is 0 Å². The molecule has 100 valence electrons. The van der Waals surface area contributed by atoms with Crippen molar-refractivity contribution in [2.75, 3.05) is 17.6 Å². The molecule has 1 heterocycles. The number of aryl methyl sites for hydroxylation is 1. The number of rotatable bonds is 6. The van der Waals surface area contributed by atoms with Gasteiger partial charge >= 0.3 is 0 Å². The fraction of sp³-hybridized carbons (Fsp3) is 0.714. The second kappa shape index (κ2) is 6.57. The minimum atomic E-state index is 0.409. The highest BCUT2D eigenvalue weighted by atomic mass is 15.1. The number of nitrogens with two attached hydrogens (primary N) is 1. The second-order valence-electron chi connectivity index (χ2n) is 5.05. The molecule has 0 aliphatic heterocycles. The van der Waals surface area contributed by atoms with Crippen molar-refractivity contribution in [1.29, 1.82) is 0 Å². The topological polar surface area (TPSA) is 63.8 Å². The third kappa shape index (κ3) is 3.34. The summed E-state index contributed by atoms with van der Waals surface area (Å²) in [6.45, 7) is 3.22. The van der Waals surface area contributed by atoms with Crippen LogP contribution in [0.25, 0.3) is 0 Å². The Morgan fingerprint density at radius 2 is 1.94 bits per heavy atom. The molecule has 3 N–H and O–H groups in total. The molecule has 0 amide bonds. The highest BCUT2D eigenvalue weighted by Crippen LogP contribution is 2.25. The van der Waals surface area contributed by atoms with Gasteiger partial charge in [-0.25, -0.2) is 4.98 Å². The van der Waals surface area contributed by atoms with Crippen LogP contribution in [-0.2, 0) is 12.8 Å². The Hall–Kier alpha value is -1.32. The van der Waals surface area contributed by atoms with Crippen molar-refractivity contribution in [3.8, 4) is 0 Å². The third-order valence-electron chi connectivity index (χ3n) is 3.52. The number of unbranched alkanes of at least 4 members (excludes halogenated alkanes) is 3. The minimum Gasteiger partial charge on any atom is -0.370 e. The minimum absolute atomic E-state index is 0.409. The number of fused-ring (bicyclic) bond motifs is 1. The summed E-state index contributed by atoms with van der Waals surface area (Å²) in [5, 5.41) is 3.44. The summed E-state index contributed by atoms with van der Waals surface area (Å²) < 4.78 is 0. The molecular weight excluding hydrogens is 224 g/mol. The molecule has 1 aliphatic carbocycles. The smallest absolute Gasteiger partial charge is 0.222 e. The summed E-state index contributed by atoms with van der Waals surface area (Å²) in [6, 6.07) is 0. The Morgan fingerprint density at radius 3 is 2.78 bits per heavy atom. The maximum absolute atomic E-state index is 5.77. The van der Waals surface area contributed by atoms with E-state index in [1.165, 1.54) is 44.1 Å². The summed E-state index contributed by atoms with van der Waals surface area (Å²) in [4.78, 5) is 8.72. The van der Waals surface area contributed by atoms with E-state index in [2.05, 4.69) is 22.2 Å². The maximum atomic E-state index is 5.77. The summed E-state index contributed by atoms with van der Waals surface area (Å²) in [5.41, 5.74) is 8.23. The highest BCUT2D eigenvalue weighted by molar-refractivity contribution is 5.50. The number of nitrogens with zero attached hydrogens (tertiary/aromatic N) is 2. The van der Waals surface area contributed by atoms with Crippen LogP contribution in [0, 0.1) is 0 Å². The molecule has 2 rings (SSSR count). The molecule has 0 atom stereocenters. The van der Waals surface area contributed by atoms with E-state index in [1.54, 1.807) is 0 Å². The molecule has 0 fully saturated rings. The van der Waals surface area contributed by atoms with Crippen LogP contribution in [0.3, 0.4) is 0 Å². The molecule has 1 aromatic heterocycles. The average molecular weight is 248 g/mol. The lowest BCUT2D eigenvalue weighted by molar-refractivity contribution is 0.660. The van der Waals surface area contributed by atoms with E-state index in [0.717, 1.165) is 30.9 Å². The van der Waals surface area contributed by atoms with Crippen molar-refractivity contribution in [2.45, 2.75) is 58.3 Å². The second-order valence-corrected chi connectivity index (χ2v) is 5.05. The van der Waals surface area contributed by atoms with E-state index < -0.39 is 0 Å². The lowest BCUT2D eigenvalue weighted by Gasteiger charge is -2.18. The standard InChI is InChI=1S/C14H24N4/c1-2-3-4-7-10-16-13-11-8-5-6-9-12(11)17-14(15)18-13/h2-10H2,1H3,(H3,15,16,17,18). The maximum Gasteiger partial charge on any atom is 0.222 e. The monoisotopic (exact) mass is 248 g/mol. The quantitative estimate of drug-likeness (QED) is 0.760. The van der Waals surface area contributed by atoms with E-state index in [1.807, 2.05) is 0 Å². The summed E-state index contributed by atoms with van der Waals surface area (Å²) in [5.74, 6) is 1.39. The predicted octanol–water partition coefficient (Wildman–Crippen LogP) is 2.93. The first-order valence-corrected chi connectivity index (χ1v) is 7.20. The van der Waals surface area contributed by atoms with Gasteiger partial charge in [0.15, 0.2) is 0 Å². The fourth-order valence-electron chi connectivity index (χ4n) is 2.52. The first-order chi connectivity index (χ1) is 8.81. The Labute approximate surface area is 109 Å². The first-order valence-electron chi connectivity index (χ1n) is 7.20. The van der Waals surface area contributed by atoms with Crippen LogP contribution in [-0.4, -0.2) is 16.5 Å². The van der Waals surface area contributed by atoms with Crippen LogP contribution in [0.4, 0.5) is 11.8 Å². The van der Waals surface area contributed by atoms with Gasteiger partial charge < -0.3 is 11.1 Å². The number of nitrogen functional groups attached to an aromatic ring is 1. The molecule has 4 nitrogen and oxygen atoms in total. The lowest BCUT2D eigenvalue weighted by atomic mass is 9.96. The highest BCUT2D eigenvalue weighted by Gasteiger charge is 2.16. The molecule has 4 heteroatoms. The Balaban J connectivity index is 1.96. The average Bonchev–Trinajstić information content (AvgIpc) is 2.38. The number of anilines is 2. The van der Waals surface area contributed by atoms with E-state index in [0.29, 0.717) is 5.95 Å². The van der Waals surface area contributed by atoms with Crippen molar-refractivity contribution in [3.63, 3.8) is 0 Å². The summed E-state index contributed by atoms with van der Waals surface area (Å²) in [7, 11) is 0. The predicted molar refractivity (Wildman–Crippen MR) is 75.7 cm³/mol. The van der Waals surface area contributed by atoms with E-state index in [9.17, 15) is 0 Å². The van der Waals surface area contributed by atoms with Crippen molar-refractivity contribution in [2.24, 2.45) is 0 Å². The van der Waals surface area contributed by atoms with Gasteiger partial charge in [0, 0.05) is 12.1 Å². The van der Waals surface area contributed by atoms with Crippen LogP contribution in [0.1, 0.15) is 56.7 Å². The fourth-order valence-corrected chi connectivity index (χ4v) is 2.52. The summed E-state index contributed by atoms with van der Waals surface area (Å²) >= 11 is 0. The summed E-state index contributed by atoms with van der Waals surface area (Å²) in [6.07, 6.45) is 9.67. The van der Waals surface area contributed by atoms with Gasteiger partial charge in [0.25, 0.3) is 0 Å². The molecule has 0 bridgehead atoms. The SMILES string of the molecule is CCCCCCNc1nc(N)nc2c1CCCC2. The van der Waals surface area contributed by atoms with Crippen molar-refractivity contribution < 1.29 is 0 Å². The Bertz CT molecular complexity index is 390. The first kappa shape index (κ1) is 13.1. The number of hydrogen-bond donors (Lipinski definition) is 2. The van der Waals surface area contributed by atoms with Gasteiger partial charge in [-0.15, -0.1) is 0 Å². The molecule has 0 saturated heterocycles. The van der Waals surface area contributed by atoms with E-state index in [-0.39, 0.29) is 0 Å². The van der Waals surface area contributed by atoms with Crippen molar-refractivity contribution >= 4 is 11.8 Å². The number of aromatic nitrogens is 2. The van der Waals surface area contributed by atoms with Crippen LogP contribution in [0.2, 0.25) is 0 Å². The van der Waals surface area contributed by atoms with Crippen molar-refractivity contribution in [1.82, 2.24) is 9.97 Å². The molecule has 18 heavy (non-hydrogen) atoms. The van der Waals surface area contributed by atoms with Gasteiger partial charge in [-0.05, 0) is 32.1 Å². The van der Waals surface area contributed by atoms with Crippen molar-refractivity contribution in [3.05, 3.63) is 11.3 Å². The van der Waals surface area contributed by atoms with Gasteiger partial charge in [-0.1, -0.05) is 26.2 Å². The van der Waals surface area contributed by atoms with Gasteiger partial charge in [0.1, 0.15) is 5.82 Å². The van der Waals surface area contributed by atoms with Crippen LogP contribution < -0.4 is 11.1 Å². The molecule has 1 aliphatic rings. The largest absolute Gasteiger partial charge is 0.370 e. The number of nitrogens with one attached hydrogen (secondary N) is 1. The normalized spacial score (nSPS) is 14.3. The molecule has 0 radical (unpaired) electrons. The van der Waals surface area contributed by atoms with Gasteiger partial charge in [0.05, 0.1) is 5.69 Å². The lowest BCUT2D eigenvalue weighted by Crippen LogP contribution is -2.15. The molecule has 0 unspecified atom stereocenters.